The molecule has 2 nitrogen and oxygen atoms in total. The van der Waals surface area contributed by atoms with Crippen molar-refractivity contribution in [3.05, 3.63) is 28.2 Å². The van der Waals surface area contributed by atoms with E-state index in [9.17, 15) is 13.2 Å². The van der Waals surface area contributed by atoms with E-state index in [0.29, 0.717) is 16.9 Å². The zero-order chi connectivity index (χ0) is 14.0. The number of rotatable bonds is 2. The van der Waals surface area contributed by atoms with E-state index in [0.717, 1.165) is 43.8 Å². The molecule has 0 aliphatic carbocycles. The molecule has 0 saturated carbocycles. The van der Waals surface area contributed by atoms with Crippen molar-refractivity contribution in [2.45, 2.75) is 19.0 Å². The van der Waals surface area contributed by atoms with E-state index in [4.69, 9.17) is 5.73 Å². The highest BCUT2D eigenvalue weighted by molar-refractivity contribution is 9.10. The summed E-state index contributed by atoms with van der Waals surface area (Å²) in [5.74, 6) is 0.419. The molecule has 19 heavy (non-hydrogen) atoms. The number of piperidine rings is 1. The number of hydrogen-bond acceptors (Lipinski definition) is 2. The van der Waals surface area contributed by atoms with Crippen molar-refractivity contribution in [2.75, 3.05) is 24.5 Å². The lowest BCUT2D eigenvalue weighted by Crippen LogP contribution is -2.38. The van der Waals surface area contributed by atoms with E-state index in [2.05, 4.69) is 20.8 Å². The van der Waals surface area contributed by atoms with Gasteiger partial charge in [0.15, 0.2) is 0 Å². The second kappa shape index (κ2) is 5.71. The molecule has 1 fully saturated rings. The smallest absolute Gasteiger partial charge is 0.370 e. The maximum atomic E-state index is 12.6. The summed E-state index contributed by atoms with van der Waals surface area (Å²) in [7, 11) is 0. The standard InChI is InChI=1S/C13H16BrF3N2/c14-11-6-10(13(15,16)17)3-4-12(11)19-5-1-2-9(7-18)8-19/h3-4,6,9H,1-2,5,7-8,18H2. The summed E-state index contributed by atoms with van der Waals surface area (Å²) in [6.45, 7) is 2.29. The van der Waals surface area contributed by atoms with Crippen LogP contribution >= 0.6 is 15.9 Å². The summed E-state index contributed by atoms with van der Waals surface area (Å²) < 4.78 is 38.3. The third-order valence-corrected chi connectivity index (χ3v) is 4.10. The number of halogens is 4. The average Bonchev–Trinajstić information content (AvgIpc) is 2.37. The molecule has 0 spiro atoms. The topological polar surface area (TPSA) is 29.3 Å². The molecular weight excluding hydrogens is 321 g/mol. The molecule has 1 aliphatic heterocycles. The third-order valence-electron chi connectivity index (χ3n) is 3.47. The number of hydrogen-bond donors (Lipinski definition) is 1. The number of alkyl halides is 3. The van der Waals surface area contributed by atoms with E-state index in [1.165, 1.54) is 6.07 Å². The molecule has 106 valence electrons. The molecule has 1 saturated heterocycles. The van der Waals surface area contributed by atoms with Crippen LogP contribution in [0.5, 0.6) is 0 Å². The van der Waals surface area contributed by atoms with E-state index >= 15 is 0 Å². The molecule has 0 aromatic heterocycles. The molecule has 1 atom stereocenters. The van der Waals surface area contributed by atoms with Crippen LogP contribution in [0.4, 0.5) is 18.9 Å². The van der Waals surface area contributed by atoms with Crippen LogP contribution < -0.4 is 10.6 Å². The van der Waals surface area contributed by atoms with Crippen molar-refractivity contribution in [1.29, 1.82) is 0 Å². The highest BCUT2D eigenvalue weighted by Crippen LogP contribution is 2.36. The second-order valence-corrected chi connectivity index (χ2v) is 5.71. The van der Waals surface area contributed by atoms with Crippen LogP contribution in [0.3, 0.4) is 0 Å². The summed E-state index contributed by atoms with van der Waals surface area (Å²) in [5, 5.41) is 0. The Balaban J connectivity index is 2.21. The van der Waals surface area contributed by atoms with Gasteiger partial charge in [-0.25, -0.2) is 0 Å². The number of nitrogens with zero attached hydrogens (tertiary/aromatic N) is 1. The summed E-state index contributed by atoms with van der Waals surface area (Å²) in [6, 6.07) is 3.80. The third kappa shape index (κ3) is 3.42. The first-order valence-corrected chi connectivity index (χ1v) is 7.03. The summed E-state index contributed by atoms with van der Waals surface area (Å²) in [5.41, 5.74) is 5.86. The minimum atomic E-state index is -4.30. The Morgan fingerprint density at radius 3 is 2.68 bits per heavy atom. The largest absolute Gasteiger partial charge is 0.416 e. The van der Waals surface area contributed by atoms with Crippen LogP contribution in [-0.4, -0.2) is 19.6 Å². The SMILES string of the molecule is NCC1CCCN(c2ccc(C(F)(F)F)cc2Br)C1. The number of nitrogens with two attached hydrogens (primary N) is 1. The molecule has 6 heteroatoms. The Labute approximate surface area is 118 Å². The molecule has 1 aromatic rings. The molecule has 1 unspecified atom stereocenters. The molecule has 1 aromatic carbocycles. The lowest BCUT2D eigenvalue weighted by Gasteiger charge is -2.34. The van der Waals surface area contributed by atoms with Gasteiger partial charge in [0.05, 0.1) is 11.3 Å². The van der Waals surface area contributed by atoms with Gasteiger partial charge in [-0.3, -0.25) is 0 Å². The molecule has 2 N–H and O–H groups in total. The van der Waals surface area contributed by atoms with Gasteiger partial charge in [0, 0.05) is 17.6 Å². The lowest BCUT2D eigenvalue weighted by molar-refractivity contribution is -0.137. The van der Waals surface area contributed by atoms with Gasteiger partial charge < -0.3 is 10.6 Å². The van der Waals surface area contributed by atoms with Crippen molar-refractivity contribution in [1.82, 2.24) is 0 Å². The quantitative estimate of drug-likeness (QED) is 0.893. The lowest BCUT2D eigenvalue weighted by atomic mass is 9.97. The molecule has 0 bridgehead atoms. The van der Waals surface area contributed by atoms with Crippen molar-refractivity contribution >= 4 is 21.6 Å². The van der Waals surface area contributed by atoms with Gasteiger partial charge in [-0.15, -0.1) is 0 Å². The van der Waals surface area contributed by atoms with Crippen LogP contribution in [0.1, 0.15) is 18.4 Å². The first kappa shape index (κ1) is 14.7. The van der Waals surface area contributed by atoms with Gasteiger partial charge in [-0.2, -0.15) is 13.2 Å². The van der Waals surface area contributed by atoms with Crippen LogP contribution in [0.15, 0.2) is 22.7 Å². The minimum absolute atomic E-state index is 0.419. The van der Waals surface area contributed by atoms with Gasteiger partial charge in [0.25, 0.3) is 0 Å². The Hall–Kier alpha value is -0.750. The van der Waals surface area contributed by atoms with Crippen molar-refractivity contribution < 1.29 is 13.2 Å². The summed E-state index contributed by atoms with van der Waals surface area (Å²) in [4.78, 5) is 2.10. The Kier molecular flexibility index (Phi) is 4.40. The van der Waals surface area contributed by atoms with E-state index in [1.807, 2.05) is 0 Å². The second-order valence-electron chi connectivity index (χ2n) is 4.85. The normalized spacial score (nSPS) is 20.7. The van der Waals surface area contributed by atoms with E-state index in [-0.39, 0.29) is 0 Å². The van der Waals surface area contributed by atoms with Gasteiger partial charge >= 0.3 is 6.18 Å². The maximum absolute atomic E-state index is 12.6. The number of anilines is 1. The Morgan fingerprint density at radius 1 is 1.37 bits per heavy atom. The molecular formula is C13H16BrF3N2. The highest BCUT2D eigenvalue weighted by atomic mass is 79.9. The van der Waals surface area contributed by atoms with Crippen LogP contribution in [0, 0.1) is 5.92 Å². The first-order chi connectivity index (χ1) is 8.91. The number of benzene rings is 1. The van der Waals surface area contributed by atoms with E-state index < -0.39 is 11.7 Å². The molecule has 1 aliphatic rings. The maximum Gasteiger partial charge on any atom is 0.416 e. The minimum Gasteiger partial charge on any atom is -0.370 e. The summed E-state index contributed by atoms with van der Waals surface area (Å²) in [6.07, 6.45) is -2.19. The molecule has 1 heterocycles. The highest BCUT2D eigenvalue weighted by Gasteiger charge is 2.31. The zero-order valence-corrected chi connectivity index (χ0v) is 12.0. The summed E-state index contributed by atoms with van der Waals surface area (Å²) >= 11 is 3.24. The van der Waals surface area contributed by atoms with Crippen molar-refractivity contribution in [2.24, 2.45) is 11.7 Å². The van der Waals surface area contributed by atoms with Crippen LogP contribution in [-0.2, 0) is 6.18 Å². The molecule has 0 amide bonds. The predicted octanol–water partition coefficient (Wildman–Crippen LogP) is 3.64. The first-order valence-electron chi connectivity index (χ1n) is 6.23. The monoisotopic (exact) mass is 336 g/mol. The van der Waals surface area contributed by atoms with E-state index in [1.54, 1.807) is 0 Å². The van der Waals surface area contributed by atoms with Gasteiger partial charge in [-0.1, -0.05) is 0 Å². The molecule has 0 radical (unpaired) electrons. The average molecular weight is 337 g/mol. The fourth-order valence-corrected chi connectivity index (χ4v) is 3.05. The van der Waals surface area contributed by atoms with Crippen molar-refractivity contribution in [3.8, 4) is 0 Å². The van der Waals surface area contributed by atoms with Crippen LogP contribution in [0.2, 0.25) is 0 Å². The molecule has 2 rings (SSSR count). The Morgan fingerprint density at radius 2 is 2.11 bits per heavy atom. The van der Waals surface area contributed by atoms with Gasteiger partial charge in [0.2, 0.25) is 0 Å². The van der Waals surface area contributed by atoms with Gasteiger partial charge in [0.1, 0.15) is 0 Å². The zero-order valence-electron chi connectivity index (χ0n) is 10.4. The van der Waals surface area contributed by atoms with Crippen LogP contribution in [0.25, 0.3) is 0 Å². The van der Waals surface area contributed by atoms with Crippen molar-refractivity contribution in [3.63, 3.8) is 0 Å². The fourth-order valence-electron chi connectivity index (χ4n) is 2.42. The fraction of sp³-hybridized carbons (Fsp3) is 0.538. The predicted molar refractivity (Wildman–Crippen MR) is 73.1 cm³/mol. The Bertz CT molecular complexity index is 448. The van der Waals surface area contributed by atoms with Gasteiger partial charge in [-0.05, 0) is 59.4 Å².